The molecular formula is C13H22BN3O2. The van der Waals surface area contributed by atoms with Gasteiger partial charge in [0.2, 0.25) is 0 Å². The second-order valence-corrected chi connectivity index (χ2v) is 5.98. The molecule has 1 aliphatic rings. The van der Waals surface area contributed by atoms with Crippen molar-refractivity contribution < 1.29 is 9.31 Å². The highest BCUT2D eigenvalue weighted by Gasteiger charge is 2.52. The lowest BCUT2D eigenvalue weighted by molar-refractivity contribution is 0.00578. The van der Waals surface area contributed by atoms with Crippen molar-refractivity contribution >= 4 is 24.0 Å². The summed E-state index contributed by atoms with van der Waals surface area (Å²) in [6.07, 6.45) is 0. The van der Waals surface area contributed by atoms with Gasteiger partial charge in [0, 0.05) is 12.5 Å². The standard InChI is InChI=1S/C13H22BN3O2/c1-12(2)13(3,4)19-14(18-12)9-7-6-8-10(15)11(9)17(5)16/h6-8H,15-16H2,1-5H3. The molecule has 1 heterocycles. The van der Waals surface area contributed by atoms with Crippen LogP contribution in [0.15, 0.2) is 18.2 Å². The van der Waals surface area contributed by atoms with Crippen molar-refractivity contribution in [3.05, 3.63) is 18.2 Å². The number of hydrogen-bond acceptors (Lipinski definition) is 5. The topological polar surface area (TPSA) is 73.7 Å². The van der Waals surface area contributed by atoms with E-state index in [9.17, 15) is 0 Å². The van der Waals surface area contributed by atoms with Crippen LogP contribution in [0.25, 0.3) is 0 Å². The van der Waals surface area contributed by atoms with Gasteiger partial charge in [-0.2, -0.15) is 0 Å². The fourth-order valence-corrected chi connectivity index (χ4v) is 2.15. The quantitative estimate of drug-likeness (QED) is 0.358. The van der Waals surface area contributed by atoms with Crippen molar-refractivity contribution in [2.24, 2.45) is 5.84 Å². The molecule has 0 radical (unpaired) electrons. The van der Waals surface area contributed by atoms with E-state index >= 15 is 0 Å². The minimum atomic E-state index is -0.463. The number of rotatable bonds is 2. The Morgan fingerprint density at radius 1 is 1.11 bits per heavy atom. The second kappa shape index (κ2) is 4.40. The third-order valence-electron chi connectivity index (χ3n) is 3.96. The highest BCUT2D eigenvalue weighted by Crippen LogP contribution is 2.37. The average molecular weight is 263 g/mol. The maximum absolute atomic E-state index is 6.04. The van der Waals surface area contributed by atoms with Gasteiger partial charge in [0.05, 0.1) is 22.6 Å². The fourth-order valence-electron chi connectivity index (χ4n) is 2.15. The number of benzene rings is 1. The van der Waals surface area contributed by atoms with Gasteiger partial charge in [0.15, 0.2) is 0 Å². The molecule has 1 saturated heterocycles. The maximum atomic E-state index is 6.04. The van der Waals surface area contributed by atoms with E-state index in [4.69, 9.17) is 20.9 Å². The predicted molar refractivity (Wildman–Crippen MR) is 79.2 cm³/mol. The van der Waals surface area contributed by atoms with Crippen LogP contribution in [0.3, 0.4) is 0 Å². The van der Waals surface area contributed by atoms with Gasteiger partial charge in [-0.1, -0.05) is 12.1 Å². The van der Waals surface area contributed by atoms with Crippen LogP contribution in [-0.4, -0.2) is 25.4 Å². The number of anilines is 2. The molecule has 0 atom stereocenters. The molecule has 19 heavy (non-hydrogen) atoms. The first-order valence-corrected chi connectivity index (χ1v) is 6.38. The average Bonchev–Trinajstić information content (AvgIpc) is 2.47. The largest absolute Gasteiger partial charge is 0.497 e. The molecule has 0 aromatic heterocycles. The third kappa shape index (κ3) is 2.31. The van der Waals surface area contributed by atoms with Crippen molar-refractivity contribution in [2.75, 3.05) is 17.8 Å². The molecule has 0 spiro atoms. The smallest absolute Gasteiger partial charge is 0.399 e. The highest BCUT2D eigenvalue weighted by atomic mass is 16.7. The zero-order chi connectivity index (χ0) is 14.4. The molecule has 0 aliphatic carbocycles. The summed E-state index contributed by atoms with van der Waals surface area (Å²) in [5.41, 5.74) is 7.42. The minimum absolute atomic E-state index is 0.382. The van der Waals surface area contributed by atoms with E-state index in [0.717, 1.165) is 11.2 Å². The Morgan fingerprint density at radius 2 is 1.63 bits per heavy atom. The van der Waals surface area contributed by atoms with Gasteiger partial charge in [-0.05, 0) is 33.8 Å². The van der Waals surface area contributed by atoms with Crippen LogP contribution in [0.1, 0.15) is 27.7 Å². The maximum Gasteiger partial charge on any atom is 0.497 e. The van der Waals surface area contributed by atoms with Gasteiger partial charge in [0.25, 0.3) is 0 Å². The molecule has 1 aromatic rings. The first-order chi connectivity index (χ1) is 8.66. The lowest BCUT2D eigenvalue weighted by Crippen LogP contribution is -2.41. The number of para-hydroxylation sites is 1. The number of nitrogen functional groups attached to an aromatic ring is 1. The number of nitrogens with two attached hydrogens (primary N) is 2. The van der Waals surface area contributed by atoms with Crippen molar-refractivity contribution in [2.45, 2.75) is 38.9 Å². The van der Waals surface area contributed by atoms with Gasteiger partial charge >= 0.3 is 7.12 Å². The highest BCUT2D eigenvalue weighted by molar-refractivity contribution is 6.64. The molecule has 0 unspecified atom stereocenters. The lowest BCUT2D eigenvalue weighted by atomic mass is 9.77. The molecule has 6 heteroatoms. The summed E-state index contributed by atoms with van der Waals surface area (Å²) in [5.74, 6) is 5.86. The number of hydrogen-bond donors (Lipinski definition) is 2. The van der Waals surface area contributed by atoms with Gasteiger partial charge in [-0.25, -0.2) is 5.84 Å². The van der Waals surface area contributed by atoms with Crippen LogP contribution in [-0.2, 0) is 9.31 Å². The molecular weight excluding hydrogens is 241 g/mol. The van der Waals surface area contributed by atoms with Crippen molar-refractivity contribution in [3.63, 3.8) is 0 Å². The first-order valence-electron chi connectivity index (χ1n) is 6.38. The van der Waals surface area contributed by atoms with E-state index in [1.54, 1.807) is 7.05 Å². The van der Waals surface area contributed by atoms with Crippen LogP contribution >= 0.6 is 0 Å². The van der Waals surface area contributed by atoms with Crippen molar-refractivity contribution in [1.82, 2.24) is 0 Å². The summed E-state index contributed by atoms with van der Waals surface area (Å²) in [4.78, 5) is 0. The number of hydrazine groups is 1. The van der Waals surface area contributed by atoms with E-state index in [0.29, 0.717) is 5.69 Å². The summed E-state index contributed by atoms with van der Waals surface area (Å²) in [7, 11) is 1.29. The summed E-state index contributed by atoms with van der Waals surface area (Å²) < 4.78 is 12.1. The van der Waals surface area contributed by atoms with Gasteiger partial charge < -0.3 is 20.1 Å². The Morgan fingerprint density at radius 3 is 2.11 bits per heavy atom. The van der Waals surface area contributed by atoms with E-state index in [1.165, 1.54) is 5.01 Å². The minimum Gasteiger partial charge on any atom is -0.399 e. The van der Waals surface area contributed by atoms with E-state index < -0.39 is 7.12 Å². The zero-order valence-electron chi connectivity index (χ0n) is 12.2. The van der Waals surface area contributed by atoms with Crippen LogP contribution in [0, 0.1) is 0 Å². The Labute approximate surface area is 115 Å². The van der Waals surface area contributed by atoms with Gasteiger partial charge in [-0.15, -0.1) is 0 Å². The molecule has 1 aromatic carbocycles. The SMILES string of the molecule is CN(N)c1c(N)cccc1B1OC(C)(C)C(C)(C)O1. The molecule has 0 saturated carbocycles. The Kier molecular flexibility index (Phi) is 3.29. The summed E-state index contributed by atoms with van der Waals surface area (Å²) in [6, 6.07) is 5.62. The van der Waals surface area contributed by atoms with E-state index in [-0.39, 0.29) is 11.2 Å². The van der Waals surface area contributed by atoms with Gasteiger partial charge in [-0.3, -0.25) is 0 Å². The van der Waals surface area contributed by atoms with Crippen molar-refractivity contribution in [1.29, 1.82) is 0 Å². The van der Waals surface area contributed by atoms with E-state index in [2.05, 4.69) is 0 Å². The lowest BCUT2D eigenvalue weighted by Gasteiger charge is -2.32. The molecule has 4 N–H and O–H groups in total. The van der Waals surface area contributed by atoms with Gasteiger partial charge in [0.1, 0.15) is 0 Å². The Hall–Kier alpha value is -1.24. The predicted octanol–water partition coefficient (Wildman–Crippen LogP) is 0.878. The van der Waals surface area contributed by atoms with Crippen LogP contribution in [0.2, 0.25) is 0 Å². The Bertz CT molecular complexity index is 473. The van der Waals surface area contributed by atoms with Crippen LogP contribution < -0.4 is 22.0 Å². The monoisotopic (exact) mass is 263 g/mol. The molecule has 0 amide bonds. The number of nitrogens with zero attached hydrogens (tertiary/aromatic N) is 1. The summed E-state index contributed by atoms with van der Waals surface area (Å²) in [5, 5.41) is 1.50. The van der Waals surface area contributed by atoms with Crippen LogP contribution in [0.4, 0.5) is 11.4 Å². The Balaban J connectivity index is 2.43. The molecule has 104 valence electrons. The molecule has 2 rings (SSSR count). The zero-order valence-corrected chi connectivity index (χ0v) is 12.2. The normalized spacial score (nSPS) is 20.6. The summed E-state index contributed by atoms with van der Waals surface area (Å²) >= 11 is 0. The third-order valence-corrected chi connectivity index (χ3v) is 3.96. The molecule has 5 nitrogen and oxygen atoms in total. The molecule has 1 aliphatic heterocycles. The van der Waals surface area contributed by atoms with E-state index in [1.807, 2.05) is 45.9 Å². The second-order valence-electron chi connectivity index (χ2n) is 5.98. The van der Waals surface area contributed by atoms with Crippen molar-refractivity contribution in [3.8, 4) is 0 Å². The first kappa shape index (κ1) is 14.2. The van der Waals surface area contributed by atoms with Crippen LogP contribution in [0.5, 0.6) is 0 Å². The fraction of sp³-hybridized carbons (Fsp3) is 0.538. The molecule has 0 bridgehead atoms. The molecule has 1 fully saturated rings. The summed E-state index contributed by atoms with van der Waals surface area (Å²) in [6.45, 7) is 8.08.